The average Bonchev–Trinajstić information content (AvgIpc) is 2.95. The molecular weight excluding hydrogens is 416 g/mol. The van der Waals surface area contributed by atoms with Gasteiger partial charge in [-0.3, -0.25) is 9.59 Å². The molecule has 0 saturated carbocycles. The van der Waals surface area contributed by atoms with Crippen LogP contribution >= 0.6 is 11.3 Å². The molecule has 1 atom stereocenters. The highest BCUT2D eigenvalue weighted by Gasteiger charge is 2.25. The van der Waals surface area contributed by atoms with E-state index in [0.717, 1.165) is 11.3 Å². The molecule has 0 amide bonds. The number of sulfonamides is 1. The Bertz CT molecular complexity index is 1070. The van der Waals surface area contributed by atoms with Crippen LogP contribution in [0.4, 0.5) is 0 Å². The lowest BCUT2D eigenvalue weighted by Gasteiger charge is -2.14. The van der Waals surface area contributed by atoms with Gasteiger partial charge < -0.3 is 15.8 Å². The Hall–Kier alpha value is -3.04. The summed E-state index contributed by atoms with van der Waals surface area (Å²) in [4.78, 5) is 38.4. The number of hydrazine groups is 1. The van der Waals surface area contributed by atoms with Crippen LogP contribution in [0.15, 0.2) is 32.9 Å². The number of fused-ring (bicyclic) bond motifs is 1. The fourth-order valence-corrected chi connectivity index (χ4v) is 4.18. The molecule has 0 fully saturated rings. The molecule has 1 aromatic heterocycles. The Morgan fingerprint density at radius 3 is 2.82 bits per heavy atom. The molecule has 2 aromatic rings. The largest absolute Gasteiger partial charge is 0.480 e. The first-order valence-electron chi connectivity index (χ1n) is 7.67. The standard InChI is InChI=1S/C13H16N6O7S2/c14-12(17-19(23)24)15-5-1-2-8(11(20)21)18-28(25,26)7-3-4-10-9(6-7)16-13(22)27-10/h3-4,6,8,18H,1-2,5H2,(H,16,22)(H,20,21)(H3,14,15,17)/t8-/m0/s1. The molecule has 15 heteroatoms. The van der Waals surface area contributed by atoms with Crippen molar-refractivity contribution in [3.05, 3.63) is 38.0 Å². The maximum Gasteiger partial charge on any atom is 0.321 e. The second-order valence-electron chi connectivity index (χ2n) is 5.46. The third-order valence-electron chi connectivity index (χ3n) is 3.44. The number of H-pyrrole nitrogens is 1. The van der Waals surface area contributed by atoms with Crippen molar-refractivity contribution >= 4 is 43.5 Å². The van der Waals surface area contributed by atoms with Gasteiger partial charge in [0.2, 0.25) is 10.0 Å². The molecule has 0 bridgehead atoms. The molecule has 0 saturated heterocycles. The molecule has 0 radical (unpaired) electrons. The molecule has 0 aliphatic rings. The lowest BCUT2D eigenvalue weighted by molar-refractivity contribution is -0.525. The second-order valence-corrected chi connectivity index (χ2v) is 8.19. The predicted molar refractivity (Wildman–Crippen MR) is 100 cm³/mol. The van der Waals surface area contributed by atoms with Gasteiger partial charge >= 0.3 is 10.8 Å². The minimum absolute atomic E-state index is 0.0414. The predicted octanol–water partition coefficient (Wildman–Crippen LogP) is -0.803. The fourth-order valence-electron chi connectivity index (χ4n) is 2.21. The van der Waals surface area contributed by atoms with E-state index in [1.54, 1.807) is 5.43 Å². The lowest BCUT2D eigenvalue weighted by Crippen LogP contribution is -2.41. The Morgan fingerprint density at radius 1 is 1.46 bits per heavy atom. The van der Waals surface area contributed by atoms with E-state index < -0.39 is 33.0 Å². The van der Waals surface area contributed by atoms with Gasteiger partial charge in [0.15, 0.2) is 5.03 Å². The van der Waals surface area contributed by atoms with Crippen LogP contribution in [0.1, 0.15) is 12.8 Å². The number of nitro groups is 1. The zero-order valence-electron chi connectivity index (χ0n) is 14.1. The van der Waals surface area contributed by atoms with Crippen LogP contribution in [-0.2, 0) is 14.8 Å². The molecular formula is C13H16N6O7S2. The highest BCUT2D eigenvalue weighted by molar-refractivity contribution is 7.89. The highest BCUT2D eigenvalue weighted by Crippen LogP contribution is 2.19. The highest BCUT2D eigenvalue weighted by atomic mass is 32.2. The number of aromatic nitrogens is 1. The molecule has 0 unspecified atom stereocenters. The van der Waals surface area contributed by atoms with Gasteiger partial charge in [0.25, 0.3) is 5.96 Å². The van der Waals surface area contributed by atoms with Crippen molar-refractivity contribution in [2.24, 2.45) is 10.7 Å². The van der Waals surface area contributed by atoms with Crippen molar-refractivity contribution in [3.8, 4) is 0 Å². The third-order valence-corrected chi connectivity index (χ3v) is 5.77. The van der Waals surface area contributed by atoms with Gasteiger partial charge in [-0.2, -0.15) is 4.72 Å². The van der Waals surface area contributed by atoms with E-state index in [2.05, 4.69) is 14.7 Å². The van der Waals surface area contributed by atoms with E-state index in [9.17, 15) is 33.2 Å². The number of hydrogen-bond donors (Lipinski definition) is 5. The van der Waals surface area contributed by atoms with Gasteiger partial charge in [0, 0.05) is 6.54 Å². The number of nitrogens with zero attached hydrogens (tertiary/aromatic N) is 2. The summed E-state index contributed by atoms with van der Waals surface area (Å²) in [6, 6.07) is 2.51. The van der Waals surface area contributed by atoms with E-state index >= 15 is 0 Å². The number of aliphatic imine (C=N–C) groups is 1. The number of nitrogens with one attached hydrogen (secondary N) is 3. The molecule has 0 aliphatic heterocycles. The smallest absolute Gasteiger partial charge is 0.321 e. The summed E-state index contributed by atoms with van der Waals surface area (Å²) in [6.45, 7) is -0.0414. The van der Waals surface area contributed by atoms with Crippen molar-refractivity contribution in [1.82, 2.24) is 15.1 Å². The number of aliphatic carboxylic acids is 1. The van der Waals surface area contributed by atoms with Crippen LogP contribution < -0.4 is 20.8 Å². The van der Waals surface area contributed by atoms with E-state index in [1.807, 2.05) is 0 Å². The van der Waals surface area contributed by atoms with Crippen LogP contribution in [-0.4, -0.2) is 48.1 Å². The van der Waals surface area contributed by atoms with E-state index in [0.29, 0.717) is 10.2 Å². The molecule has 152 valence electrons. The molecule has 2 rings (SSSR count). The normalized spacial score (nSPS) is 13.4. The van der Waals surface area contributed by atoms with Crippen LogP contribution in [0.25, 0.3) is 10.2 Å². The van der Waals surface area contributed by atoms with Crippen LogP contribution in [0, 0.1) is 10.1 Å². The van der Waals surface area contributed by atoms with Gasteiger partial charge in [0.1, 0.15) is 6.04 Å². The topological polar surface area (TPSA) is 210 Å². The second kappa shape index (κ2) is 8.77. The quantitative estimate of drug-likeness (QED) is 0.110. The van der Waals surface area contributed by atoms with Crippen molar-refractivity contribution in [2.75, 3.05) is 6.54 Å². The number of thiazole rings is 1. The van der Waals surface area contributed by atoms with Gasteiger partial charge in [-0.05, 0) is 31.0 Å². The summed E-state index contributed by atoms with van der Waals surface area (Å²) < 4.78 is 27.6. The number of nitrogens with two attached hydrogens (primary N) is 1. The maximum absolute atomic E-state index is 12.5. The van der Waals surface area contributed by atoms with E-state index in [1.165, 1.54) is 18.2 Å². The molecule has 6 N–H and O–H groups in total. The molecule has 0 aliphatic carbocycles. The number of rotatable bonds is 9. The van der Waals surface area contributed by atoms with E-state index in [4.69, 9.17) is 5.73 Å². The number of carboxylic acid groups (broad SMARTS) is 1. The number of aromatic amines is 1. The summed E-state index contributed by atoms with van der Waals surface area (Å²) in [7, 11) is -4.17. The summed E-state index contributed by atoms with van der Waals surface area (Å²) >= 11 is 0.919. The SMILES string of the molecule is NC(=NCCC[C@H](NS(=O)(=O)c1ccc2sc(=O)[nH]c2c1)C(=O)O)N[N+](=O)[O-]. The van der Waals surface area contributed by atoms with Gasteiger partial charge in [0.05, 0.1) is 15.1 Å². The first kappa shape index (κ1) is 21.3. The number of guanidine groups is 1. The zero-order valence-corrected chi connectivity index (χ0v) is 15.7. The number of carboxylic acids is 1. The fraction of sp³-hybridized carbons (Fsp3) is 0.308. The maximum atomic E-state index is 12.5. The monoisotopic (exact) mass is 432 g/mol. The zero-order chi connectivity index (χ0) is 20.9. The Balaban J connectivity index is 2.06. The van der Waals surface area contributed by atoms with Gasteiger partial charge in [-0.15, -0.1) is 0 Å². The summed E-state index contributed by atoms with van der Waals surface area (Å²) in [5, 5.41) is 18.5. The van der Waals surface area contributed by atoms with Crippen LogP contribution in [0.2, 0.25) is 0 Å². The molecule has 1 aromatic carbocycles. The summed E-state index contributed by atoms with van der Waals surface area (Å²) in [5.41, 5.74) is 7.18. The van der Waals surface area contributed by atoms with E-state index in [-0.39, 0.29) is 29.2 Å². The van der Waals surface area contributed by atoms with Crippen LogP contribution in [0.5, 0.6) is 0 Å². The molecule has 1 heterocycles. The number of benzene rings is 1. The Kier molecular flexibility index (Phi) is 6.66. The Labute approximate surface area is 161 Å². The number of hydrogen-bond acceptors (Lipinski definition) is 8. The average molecular weight is 432 g/mol. The minimum Gasteiger partial charge on any atom is -0.480 e. The van der Waals surface area contributed by atoms with Gasteiger partial charge in [-0.1, -0.05) is 16.8 Å². The van der Waals surface area contributed by atoms with Crippen molar-refractivity contribution in [3.63, 3.8) is 0 Å². The molecule has 13 nitrogen and oxygen atoms in total. The first-order valence-corrected chi connectivity index (χ1v) is 9.97. The summed E-state index contributed by atoms with van der Waals surface area (Å²) in [6.07, 6.45) is -0.0161. The van der Waals surface area contributed by atoms with Crippen molar-refractivity contribution in [2.45, 2.75) is 23.8 Å². The number of carbonyl (C=O) groups is 1. The summed E-state index contributed by atoms with van der Waals surface area (Å²) in [5.74, 6) is -1.84. The minimum atomic E-state index is -4.17. The molecule has 0 spiro atoms. The van der Waals surface area contributed by atoms with Crippen molar-refractivity contribution in [1.29, 1.82) is 0 Å². The van der Waals surface area contributed by atoms with Crippen LogP contribution in [0.3, 0.4) is 0 Å². The third kappa shape index (κ3) is 5.73. The molecule has 28 heavy (non-hydrogen) atoms. The Morgan fingerprint density at radius 2 is 2.18 bits per heavy atom. The van der Waals surface area contributed by atoms with Gasteiger partial charge in [-0.25, -0.2) is 23.5 Å². The van der Waals surface area contributed by atoms with Crippen molar-refractivity contribution < 1.29 is 23.4 Å². The first-order chi connectivity index (χ1) is 13.1. The lowest BCUT2D eigenvalue weighted by atomic mass is 10.2.